The van der Waals surface area contributed by atoms with Crippen molar-refractivity contribution in [3.8, 4) is 0 Å². The summed E-state index contributed by atoms with van der Waals surface area (Å²) in [5, 5.41) is 3.34. The highest BCUT2D eigenvalue weighted by Gasteiger charge is 2.52. The van der Waals surface area contributed by atoms with E-state index in [9.17, 15) is 19.2 Å². The summed E-state index contributed by atoms with van der Waals surface area (Å²) in [5.74, 6) is -3.05. The predicted octanol–water partition coefficient (Wildman–Crippen LogP) is 0.380. The first-order valence-corrected chi connectivity index (χ1v) is 7.51. The molecule has 0 aliphatic carbocycles. The first-order valence-electron chi connectivity index (χ1n) is 7.51. The molecule has 12 nitrogen and oxygen atoms in total. The lowest BCUT2D eigenvalue weighted by molar-refractivity contribution is -0.293. The number of carbonyl (C=O) groups is 4. The second-order valence-electron chi connectivity index (χ2n) is 5.29. The van der Waals surface area contributed by atoms with Gasteiger partial charge in [-0.1, -0.05) is 5.11 Å². The van der Waals surface area contributed by atoms with E-state index >= 15 is 0 Å². The Morgan fingerprint density at radius 3 is 1.77 bits per heavy atom. The van der Waals surface area contributed by atoms with Crippen LogP contribution in [0.5, 0.6) is 0 Å². The van der Waals surface area contributed by atoms with Crippen LogP contribution in [0.15, 0.2) is 5.11 Å². The van der Waals surface area contributed by atoms with Crippen molar-refractivity contribution in [3.05, 3.63) is 10.4 Å². The van der Waals surface area contributed by atoms with Gasteiger partial charge in [0.15, 0.2) is 12.2 Å². The Morgan fingerprint density at radius 1 is 0.846 bits per heavy atom. The average Bonchev–Trinajstić information content (AvgIpc) is 2.49. The number of hydrogen-bond donors (Lipinski definition) is 0. The van der Waals surface area contributed by atoms with Crippen LogP contribution in [-0.2, 0) is 42.9 Å². The highest BCUT2D eigenvalue weighted by atomic mass is 16.7. The molecule has 0 bridgehead atoms. The van der Waals surface area contributed by atoms with Crippen LogP contribution in [0.1, 0.15) is 27.7 Å². The second-order valence-corrected chi connectivity index (χ2v) is 5.29. The molecule has 1 saturated heterocycles. The van der Waals surface area contributed by atoms with Crippen molar-refractivity contribution in [2.45, 2.75) is 58.4 Å². The van der Waals surface area contributed by atoms with Crippen molar-refractivity contribution >= 4 is 23.9 Å². The summed E-state index contributed by atoms with van der Waals surface area (Å²) < 4.78 is 25.8. The molecule has 1 fully saturated rings. The quantitative estimate of drug-likeness (QED) is 0.210. The molecule has 0 amide bonds. The summed E-state index contributed by atoms with van der Waals surface area (Å²) in [7, 11) is 0. The molecule has 1 rings (SSSR count). The second kappa shape index (κ2) is 9.59. The van der Waals surface area contributed by atoms with Crippen LogP contribution >= 0.6 is 0 Å². The zero-order valence-electron chi connectivity index (χ0n) is 14.6. The molecule has 1 aliphatic rings. The summed E-state index contributed by atoms with van der Waals surface area (Å²) >= 11 is 0. The molecule has 12 heteroatoms. The van der Waals surface area contributed by atoms with Gasteiger partial charge in [-0.2, -0.15) is 0 Å². The molecule has 0 N–H and O–H groups in total. The largest absolute Gasteiger partial charge is 0.456 e. The van der Waals surface area contributed by atoms with Gasteiger partial charge in [-0.25, -0.2) is 0 Å². The van der Waals surface area contributed by atoms with E-state index in [4.69, 9.17) is 29.2 Å². The topological polar surface area (TPSA) is 163 Å². The number of carbonyl (C=O) groups excluding carboxylic acids is 4. The van der Waals surface area contributed by atoms with E-state index in [-0.39, 0.29) is 6.54 Å². The van der Waals surface area contributed by atoms with Gasteiger partial charge in [0.2, 0.25) is 12.4 Å². The van der Waals surface area contributed by atoms with E-state index in [1.54, 1.807) is 0 Å². The SMILES string of the molecule is CC(=O)OC1C(OC(C)=O)[C@H](OC(C)=O)C(CN=[N+]=[N-])O[C@H]1OC(C)=O. The lowest BCUT2D eigenvalue weighted by Gasteiger charge is -2.43. The third-order valence-corrected chi connectivity index (χ3v) is 3.10. The third-order valence-electron chi connectivity index (χ3n) is 3.10. The van der Waals surface area contributed by atoms with Crippen LogP contribution in [0, 0.1) is 0 Å². The van der Waals surface area contributed by atoms with Gasteiger partial charge in [0.25, 0.3) is 0 Å². The average molecular weight is 373 g/mol. The fourth-order valence-corrected chi connectivity index (χ4v) is 2.38. The molecule has 5 atom stereocenters. The smallest absolute Gasteiger partial charge is 0.305 e. The maximum Gasteiger partial charge on any atom is 0.305 e. The molecule has 0 spiro atoms. The molecule has 3 unspecified atom stereocenters. The monoisotopic (exact) mass is 373 g/mol. The molecular weight excluding hydrogens is 354 g/mol. The zero-order valence-corrected chi connectivity index (χ0v) is 14.6. The van der Waals surface area contributed by atoms with E-state index in [1.807, 2.05) is 0 Å². The van der Waals surface area contributed by atoms with Crippen molar-refractivity contribution in [2.24, 2.45) is 5.11 Å². The van der Waals surface area contributed by atoms with Gasteiger partial charge in [-0.15, -0.1) is 0 Å². The minimum atomic E-state index is -1.47. The van der Waals surface area contributed by atoms with Crippen LogP contribution in [0.4, 0.5) is 0 Å². The first-order chi connectivity index (χ1) is 12.1. The van der Waals surface area contributed by atoms with E-state index < -0.39 is 54.6 Å². The van der Waals surface area contributed by atoms with Crippen molar-refractivity contribution < 1.29 is 42.9 Å². The van der Waals surface area contributed by atoms with E-state index in [0.717, 1.165) is 27.7 Å². The fraction of sp³-hybridized carbons (Fsp3) is 0.714. The van der Waals surface area contributed by atoms with Gasteiger partial charge in [0, 0.05) is 32.6 Å². The summed E-state index contributed by atoms with van der Waals surface area (Å²) in [6, 6.07) is 0. The molecular formula is C14H19N3O9. The predicted molar refractivity (Wildman–Crippen MR) is 81.1 cm³/mol. The Kier molecular flexibility index (Phi) is 7.81. The third kappa shape index (κ3) is 6.22. The van der Waals surface area contributed by atoms with Crippen LogP contribution in [0.25, 0.3) is 10.4 Å². The summed E-state index contributed by atoms with van der Waals surface area (Å²) in [6.07, 6.45) is -6.59. The Balaban J connectivity index is 3.32. The van der Waals surface area contributed by atoms with Gasteiger partial charge < -0.3 is 23.7 Å². The highest BCUT2D eigenvalue weighted by molar-refractivity contribution is 5.69. The number of ether oxygens (including phenoxy) is 5. The van der Waals surface area contributed by atoms with Gasteiger partial charge >= 0.3 is 23.9 Å². The van der Waals surface area contributed by atoms with Gasteiger partial charge in [-0.3, -0.25) is 19.2 Å². The molecule has 0 aromatic heterocycles. The Bertz CT molecular complexity index is 587. The van der Waals surface area contributed by atoms with Crippen molar-refractivity contribution in [1.29, 1.82) is 0 Å². The number of hydrogen-bond acceptors (Lipinski definition) is 10. The van der Waals surface area contributed by atoms with Crippen molar-refractivity contribution in [2.75, 3.05) is 6.54 Å². The Morgan fingerprint density at radius 2 is 1.31 bits per heavy atom. The number of azide groups is 1. The molecule has 0 aromatic carbocycles. The molecule has 1 aliphatic heterocycles. The maximum absolute atomic E-state index is 11.5. The molecule has 1 heterocycles. The van der Waals surface area contributed by atoms with Crippen molar-refractivity contribution in [1.82, 2.24) is 0 Å². The maximum atomic E-state index is 11.5. The fourth-order valence-electron chi connectivity index (χ4n) is 2.38. The standard InChI is InChI=1S/C14H19N3O9/c1-6(18)22-11-10(5-16-17-15)26-14(25-9(4)21)13(24-8(3)20)12(11)23-7(2)19/h10-14H,5H2,1-4H3/t10?,11-,12?,13?,14-/m1/s1. The highest BCUT2D eigenvalue weighted by Crippen LogP contribution is 2.29. The van der Waals surface area contributed by atoms with Crippen LogP contribution < -0.4 is 0 Å². The van der Waals surface area contributed by atoms with Crippen LogP contribution in [0.3, 0.4) is 0 Å². The molecule has 0 radical (unpaired) electrons. The molecule has 0 aromatic rings. The summed E-state index contributed by atoms with van der Waals surface area (Å²) in [6.45, 7) is 4.05. The molecule has 144 valence electrons. The van der Waals surface area contributed by atoms with E-state index in [2.05, 4.69) is 10.0 Å². The summed E-state index contributed by atoms with van der Waals surface area (Å²) in [4.78, 5) is 48.3. The lowest BCUT2D eigenvalue weighted by atomic mass is 9.97. The minimum Gasteiger partial charge on any atom is -0.456 e. The Hall–Kier alpha value is -2.85. The molecule has 0 saturated carbocycles. The normalized spacial score (nSPS) is 27.5. The van der Waals surface area contributed by atoms with Crippen LogP contribution in [-0.4, -0.2) is 61.1 Å². The van der Waals surface area contributed by atoms with Gasteiger partial charge in [0.05, 0.1) is 6.54 Å². The molecule has 26 heavy (non-hydrogen) atoms. The van der Waals surface area contributed by atoms with Crippen LogP contribution in [0.2, 0.25) is 0 Å². The first kappa shape index (κ1) is 21.2. The minimum absolute atomic E-state index is 0.323. The zero-order chi connectivity index (χ0) is 19.9. The number of esters is 4. The lowest BCUT2D eigenvalue weighted by Crippen LogP contribution is -2.62. The van der Waals surface area contributed by atoms with Gasteiger partial charge in [-0.05, 0) is 5.53 Å². The number of rotatable bonds is 6. The summed E-state index contributed by atoms with van der Waals surface area (Å²) in [5.41, 5.74) is 8.51. The Labute approximate surface area is 148 Å². The number of nitrogens with zero attached hydrogens (tertiary/aromatic N) is 3. The van der Waals surface area contributed by atoms with E-state index in [1.165, 1.54) is 0 Å². The van der Waals surface area contributed by atoms with Gasteiger partial charge in [0.1, 0.15) is 6.10 Å². The van der Waals surface area contributed by atoms with Crippen molar-refractivity contribution in [3.63, 3.8) is 0 Å². The van der Waals surface area contributed by atoms with E-state index in [0.29, 0.717) is 0 Å².